The molecule has 0 atom stereocenters. The van der Waals surface area contributed by atoms with Crippen LogP contribution in [0, 0.1) is 0 Å². The van der Waals surface area contributed by atoms with E-state index in [9.17, 15) is 0 Å². The third-order valence-corrected chi connectivity index (χ3v) is 13.6. The summed E-state index contributed by atoms with van der Waals surface area (Å²) in [4.78, 5) is 0. The number of aryl methyl sites for hydroxylation is 2. The largest absolute Gasteiger partial charge is 0.0578 e. The fourth-order valence-electron chi connectivity index (χ4n) is 10.4. The standard InChI is InChI=1S/C55H48/c1-53(2,3)39-25-35-11-9-31-13-19-41(45-23-17-37(27-39)49(35)51(31)45)33-15-21-43-44-22-16-34(30-48(44)55(7,8)47(43)29-33)42-20-14-32-10-12-36-26-40(54(4,5)6)28-38-18-24-46(42)52(32)50(36)38/h9,11,13-30H,10,12H2,1-8H3. The van der Waals surface area contributed by atoms with E-state index in [4.69, 9.17) is 0 Å². The van der Waals surface area contributed by atoms with E-state index in [2.05, 4.69) is 177 Å². The molecule has 0 amide bonds. The van der Waals surface area contributed by atoms with Crippen LogP contribution in [0.15, 0.2) is 121 Å². The highest BCUT2D eigenvalue weighted by molar-refractivity contribution is 6.25. The molecule has 9 aromatic rings. The van der Waals surface area contributed by atoms with Crippen LogP contribution in [0.5, 0.6) is 0 Å². The van der Waals surface area contributed by atoms with Crippen LogP contribution in [0.25, 0.3) is 87.2 Å². The fourth-order valence-corrected chi connectivity index (χ4v) is 10.4. The molecular formula is C55H48. The molecule has 0 unspecified atom stereocenters. The van der Waals surface area contributed by atoms with E-state index in [1.54, 1.807) is 0 Å². The number of hydrogen-bond acceptors (Lipinski definition) is 0. The SMILES string of the molecule is CC(C)(C)c1cc2c3c(ccc4c(-c5ccc6c(c5)C(C)(C)c5cc(-c7ccc8ccc9cc(C(C)(C)C)cc%10ccc7c8c9%10)ccc5-6)ccc(c43)CC2)c1. The zero-order chi connectivity index (χ0) is 37.8. The predicted molar refractivity (Wildman–Crippen MR) is 238 cm³/mol. The van der Waals surface area contributed by atoms with Gasteiger partial charge in [-0.15, -0.1) is 0 Å². The van der Waals surface area contributed by atoms with Crippen LogP contribution < -0.4 is 0 Å². The molecule has 0 radical (unpaired) electrons. The van der Waals surface area contributed by atoms with E-state index >= 15 is 0 Å². The number of rotatable bonds is 2. The van der Waals surface area contributed by atoms with Gasteiger partial charge in [0.05, 0.1) is 0 Å². The minimum Gasteiger partial charge on any atom is -0.0578 e. The van der Waals surface area contributed by atoms with Crippen molar-refractivity contribution in [3.8, 4) is 33.4 Å². The Morgan fingerprint density at radius 1 is 0.382 bits per heavy atom. The van der Waals surface area contributed by atoms with Crippen molar-refractivity contribution in [1.29, 1.82) is 0 Å². The Bertz CT molecular complexity index is 3100. The molecule has 0 aromatic heterocycles. The number of hydrogen-bond donors (Lipinski definition) is 0. The van der Waals surface area contributed by atoms with Crippen molar-refractivity contribution in [3.05, 3.63) is 155 Å². The average molecular weight is 709 g/mol. The summed E-state index contributed by atoms with van der Waals surface area (Å²) in [5.41, 5.74) is 16.8. The zero-order valence-electron chi connectivity index (χ0n) is 33.5. The van der Waals surface area contributed by atoms with Gasteiger partial charge in [0.25, 0.3) is 0 Å². The van der Waals surface area contributed by atoms with Gasteiger partial charge in [-0.25, -0.2) is 0 Å². The molecule has 0 fully saturated rings. The molecule has 55 heavy (non-hydrogen) atoms. The van der Waals surface area contributed by atoms with Gasteiger partial charge in [-0.3, -0.25) is 0 Å². The second-order valence-electron chi connectivity index (χ2n) is 19.3. The van der Waals surface area contributed by atoms with Crippen LogP contribution in [0.3, 0.4) is 0 Å². The van der Waals surface area contributed by atoms with Crippen LogP contribution in [0.1, 0.15) is 88.8 Å². The minimum atomic E-state index is -0.131. The Labute approximate surface area is 325 Å². The van der Waals surface area contributed by atoms with Gasteiger partial charge >= 0.3 is 0 Å². The van der Waals surface area contributed by atoms with Crippen molar-refractivity contribution in [2.75, 3.05) is 0 Å². The molecular weight excluding hydrogens is 661 g/mol. The van der Waals surface area contributed by atoms with E-state index in [-0.39, 0.29) is 16.2 Å². The maximum atomic E-state index is 2.51. The molecule has 0 bridgehead atoms. The summed E-state index contributed by atoms with van der Waals surface area (Å²) in [6.07, 6.45) is 2.22. The third-order valence-electron chi connectivity index (χ3n) is 13.6. The monoisotopic (exact) mass is 708 g/mol. The minimum absolute atomic E-state index is 0.103. The first-order chi connectivity index (χ1) is 26.3. The van der Waals surface area contributed by atoms with Gasteiger partial charge in [-0.1, -0.05) is 165 Å². The number of fused-ring (bicyclic) bond motifs is 3. The first-order valence-corrected chi connectivity index (χ1v) is 20.3. The van der Waals surface area contributed by atoms with Crippen LogP contribution in [0.2, 0.25) is 0 Å². The van der Waals surface area contributed by atoms with E-state index in [0.29, 0.717) is 0 Å². The van der Waals surface area contributed by atoms with Gasteiger partial charge in [0.2, 0.25) is 0 Å². The summed E-state index contributed by atoms with van der Waals surface area (Å²) in [6.45, 7) is 18.8. The van der Waals surface area contributed by atoms with E-state index in [1.807, 2.05) is 0 Å². The van der Waals surface area contributed by atoms with E-state index in [0.717, 1.165) is 12.8 Å². The van der Waals surface area contributed by atoms with Crippen molar-refractivity contribution in [2.45, 2.75) is 84.5 Å². The lowest BCUT2D eigenvalue weighted by molar-refractivity contribution is 0.590. The summed E-state index contributed by atoms with van der Waals surface area (Å²) < 4.78 is 0. The normalized spacial score (nSPS) is 14.9. The molecule has 0 heteroatoms. The molecule has 0 spiro atoms. The zero-order valence-corrected chi connectivity index (χ0v) is 33.5. The van der Waals surface area contributed by atoms with Gasteiger partial charge < -0.3 is 0 Å². The van der Waals surface area contributed by atoms with Crippen LogP contribution >= 0.6 is 0 Å². The maximum absolute atomic E-state index is 2.51. The molecule has 0 saturated carbocycles. The Balaban J connectivity index is 1.03. The van der Waals surface area contributed by atoms with Gasteiger partial charge in [-0.2, -0.15) is 0 Å². The van der Waals surface area contributed by atoms with Crippen molar-refractivity contribution in [2.24, 2.45) is 0 Å². The smallest absolute Gasteiger partial charge is 0.0159 e. The lowest BCUT2D eigenvalue weighted by Gasteiger charge is -2.26. The van der Waals surface area contributed by atoms with Gasteiger partial charge in [0, 0.05) is 5.41 Å². The summed E-state index contributed by atoms with van der Waals surface area (Å²) in [7, 11) is 0. The van der Waals surface area contributed by atoms with Crippen molar-refractivity contribution < 1.29 is 0 Å². The lowest BCUT2D eigenvalue weighted by atomic mass is 9.78. The number of benzene rings is 9. The van der Waals surface area contributed by atoms with Crippen LogP contribution in [-0.4, -0.2) is 0 Å². The third kappa shape index (κ3) is 4.64. The maximum Gasteiger partial charge on any atom is 0.0159 e. The van der Waals surface area contributed by atoms with Crippen LogP contribution in [-0.2, 0) is 29.1 Å². The molecule has 9 aromatic carbocycles. The second-order valence-corrected chi connectivity index (χ2v) is 19.3. The van der Waals surface area contributed by atoms with Gasteiger partial charge in [0.15, 0.2) is 0 Å². The van der Waals surface area contributed by atoms with E-state index in [1.165, 1.54) is 121 Å². The van der Waals surface area contributed by atoms with Crippen molar-refractivity contribution in [3.63, 3.8) is 0 Å². The molecule has 2 aliphatic rings. The van der Waals surface area contributed by atoms with Gasteiger partial charge in [0.1, 0.15) is 0 Å². The molecule has 2 aliphatic carbocycles. The summed E-state index contributed by atoms with van der Waals surface area (Å²) in [5, 5.41) is 13.8. The second kappa shape index (κ2) is 10.9. The molecule has 268 valence electrons. The van der Waals surface area contributed by atoms with Crippen LogP contribution in [0.4, 0.5) is 0 Å². The molecule has 11 rings (SSSR count). The summed E-state index contributed by atoms with van der Waals surface area (Å²) >= 11 is 0. The Kier molecular flexibility index (Phi) is 6.50. The quantitative estimate of drug-likeness (QED) is 0.157. The summed E-state index contributed by atoms with van der Waals surface area (Å²) in [6, 6.07) is 47.9. The van der Waals surface area contributed by atoms with Gasteiger partial charge in [-0.05, 0) is 156 Å². The topological polar surface area (TPSA) is 0 Å². The van der Waals surface area contributed by atoms with Crippen molar-refractivity contribution >= 4 is 53.9 Å². The Morgan fingerprint density at radius 3 is 1.44 bits per heavy atom. The highest BCUT2D eigenvalue weighted by atomic mass is 14.4. The summed E-state index contributed by atoms with van der Waals surface area (Å²) in [5.74, 6) is 0. The first-order valence-electron chi connectivity index (χ1n) is 20.3. The first kappa shape index (κ1) is 32.9. The predicted octanol–water partition coefficient (Wildman–Crippen LogP) is 15.2. The molecule has 0 heterocycles. The lowest BCUT2D eigenvalue weighted by Crippen LogP contribution is -2.15. The highest BCUT2D eigenvalue weighted by Crippen LogP contribution is 2.52. The Hall–Kier alpha value is -5.46. The average Bonchev–Trinajstić information content (AvgIpc) is 3.39. The molecule has 0 N–H and O–H groups in total. The molecule has 0 saturated heterocycles. The fraction of sp³-hybridized carbons (Fsp3) is 0.236. The Morgan fingerprint density at radius 2 is 0.836 bits per heavy atom. The molecule has 0 aliphatic heterocycles. The van der Waals surface area contributed by atoms with Crippen molar-refractivity contribution in [1.82, 2.24) is 0 Å². The highest BCUT2D eigenvalue weighted by Gasteiger charge is 2.36. The van der Waals surface area contributed by atoms with E-state index < -0.39 is 0 Å². The molecule has 0 nitrogen and oxygen atoms in total.